The fourth-order valence-corrected chi connectivity index (χ4v) is 1.97. The van der Waals surface area contributed by atoms with Crippen molar-refractivity contribution in [2.45, 2.75) is 13.5 Å². The van der Waals surface area contributed by atoms with Crippen molar-refractivity contribution in [2.24, 2.45) is 0 Å². The van der Waals surface area contributed by atoms with E-state index < -0.39 is 0 Å². The molecule has 0 spiro atoms. The Labute approximate surface area is 117 Å². The molecular weight excluding hydrogens is 265 g/mol. The van der Waals surface area contributed by atoms with Gasteiger partial charge in [0.15, 0.2) is 0 Å². The molecule has 2 aromatic carbocycles. The maximum atomic E-state index is 13.2. The molecule has 4 heteroatoms. The van der Waals surface area contributed by atoms with Gasteiger partial charge in [-0.2, -0.15) is 0 Å². The van der Waals surface area contributed by atoms with E-state index in [1.165, 1.54) is 12.1 Å². The van der Waals surface area contributed by atoms with Gasteiger partial charge in [0.05, 0.1) is 12.3 Å². The maximum absolute atomic E-state index is 13.2. The van der Waals surface area contributed by atoms with Crippen molar-refractivity contribution >= 4 is 17.3 Å². The second-order valence-electron chi connectivity index (χ2n) is 4.06. The lowest BCUT2D eigenvalue weighted by Crippen LogP contribution is -2.03. The lowest BCUT2D eigenvalue weighted by molar-refractivity contribution is 0.340. The van der Waals surface area contributed by atoms with Gasteiger partial charge in [-0.3, -0.25) is 0 Å². The van der Waals surface area contributed by atoms with E-state index in [2.05, 4.69) is 5.32 Å². The van der Waals surface area contributed by atoms with Crippen LogP contribution in [0, 0.1) is 5.82 Å². The van der Waals surface area contributed by atoms with Crippen molar-refractivity contribution in [3.05, 3.63) is 58.9 Å². The van der Waals surface area contributed by atoms with Crippen LogP contribution in [-0.2, 0) is 6.54 Å². The van der Waals surface area contributed by atoms with Gasteiger partial charge >= 0.3 is 0 Å². The number of ether oxygens (including phenoxy) is 1. The number of hydrogen-bond donors (Lipinski definition) is 1. The van der Waals surface area contributed by atoms with Crippen molar-refractivity contribution in [1.29, 1.82) is 0 Å². The molecular formula is C15H15ClFNO. The van der Waals surface area contributed by atoms with Gasteiger partial charge < -0.3 is 10.1 Å². The Balaban J connectivity index is 2.10. The fraction of sp³-hybridized carbons (Fsp3) is 0.200. The van der Waals surface area contributed by atoms with Crippen LogP contribution in [0.15, 0.2) is 42.5 Å². The monoisotopic (exact) mass is 279 g/mol. The van der Waals surface area contributed by atoms with Gasteiger partial charge in [-0.25, -0.2) is 4.39 Å². The molecule has 0 aliphatic carbocycles. The molecule has 2 nitrogen and oxygen atoms in total. The number of halogens is 2. The minimum atomic E-state index is -0.309. The summed E-state index contributed by atoms with van der Waals surface area (Å²) in [5, 5.41) is 3.92. The first-order valence-corrected chi connectivity index (χ1v) is 6.47. The number of rotatable bonds is 5. The Morgan fingerprint density at radius 1 is 1.21 bits per heavy atom. The van der Waals surface area contributed by atoms with E-state index in [0.29, 0.717) is 23.9 Å². The average Bonchev–Trinajstić information content (AvgIpc) is 2.38. The average molecular weight is 280 g/mol. The Hall–Kier alpha value is -1.74. The highest BCUT2D eigenvalue weighted by Crippen LogP contribution is 2.26. The lowest BCUT2D eigenvalue weighted by Gasteiger charge is -2.12. The summed E-state index contributed by atoms with van der Waals surface area (Å²) < 4.78 is 18.6. The highest BCUT2D eigenvalue weighted by atomic mass is 35.5. The normalized spacial score (nSPS) is 10.3. The molecule has 0 saturated heterocycles. The van der Waals surface area contributed by atoms with E-state index in [9.17, 15) is 4.39 Å². The van der Waals surface area contributed by atoms with Crippen LogP contribution in [0.3, 0.4) is 0 Å². The fourth-order valence-electron chi connectivity index (χ4n) is 1.76. The molecule has 0 heterocycles. The molecule has 0 unspecified atom stereocenters. The van der Waals surface area contributed by atoms with Gasteiger partial charge in [0.2, 0.25) is 0 Å². The molecule has 0 aliphatic rings. The quantitative estimate of drug-likeness (QED) is 0.871. The SMILES string of the molecule is CCOc1cc(F)ccc1NCc1cccc(Cl)c1. The predicted molar refractivity (Wildman–Crippen MR) is 76.3 cm³/mol. The minimum Gasteiger partial charge on any atom is -0.492 e. The molecule has 0 atom stereocenters. The van der Waals surface area contributed by atoms with Crippen LogP contribution in [0.1, 0.15) is 12.5 Å². The Kier molecular flexibility index (Phi) is 4.63. The zero-order chi connectivity index (χ0) is 13.7. The van der Waals surface area contributed by atoms with Gasteiger partial charge in [0, 0.05) is 17.6 Å². The van der Waals surface area contributed by atoms with Gasteiger partial charge in [-0.15, -0.1) is 0 Å². The summed E-state index contributed by atoms with van der Waals surface area (Å²) in [7, 11) is 0. The third-order valence-electron chi connectivity index (χ3n) is 2.62. The zero-order valence-corrected chi connectivity index (χ0v) is 11.4. The van der Waals surface area contributed by atoms with Crippen molar-refractivity contribution in [3.8, 4) is 5.75 Å². The molecule has 0 saturated carbocycles. The minimum absolute atomic E-state index is 0.309. The summed E-state index contributed by atoms with van der Waals surface area (Å²) >= 11 is 5.93. The third kappa shape index (κ3) is 3.86. The second kappa shape index (κ2) is 6.43. The first-order valence-electron chi connectivity index (χ1n) is 6.09. The number of hydrogen-bond acceptors (Lipinski definition) is 2. The molecule has 1 N–H and O–H groups in total. The standard InChI is InChI=1S/C15H15ClFNO/c1-2-19-15-9-13(17)6-7-14(15)18-10-11-4-3-5-12(16)8-11/h3-9,18H,2,10H2,1H3. The predicted octanol–water partition coefficient (Wildman–Crippen LogP) is 4.49. The maximum Gasteiger partial charge on any atom is 0.145 e. The van der Waals surface area contributed by atoms with Crippen molar-refractivity contribution in [3.63, 3.8) is 0 Å². The summed E-state index contributed by atoms with van der Waals surface area (Å²) in [5.41, 5.74) is 1.82. The van der Waals surface area contributed by atoms with Crippen molar-refractivity contribution in [2.75, 3.05) is 11.9 Å². The van der Waals surface area contributed by atoms with Crippen LogP contribution in [0.5, 0.6) is 5.75 Å². The third-order valence-corrected chi connectivity index (χ3v) is 2.85. The number of nitrogens with one attached hydrogen (secondary N) is 1. The smallest absolute Gasteiger partial charge is 0.145 e. The zero-order valence-electron chi connectivity index (χ0n) is 10.6. The molecule has 0 aromatic heterocycles. The largest absolute Gasteiger partial charge is 0.492 e. The Morgan fingerprint density at radius 2 is 2.05 bits per heavy atom. The number of anilines is 1. The van der Waals surface area contributed by atoms with Crippen LogP contribution < -0.4 is 10.1 Å². The second-order valence-corrected chi connectivity index (χ2v) is 4.49. The molecule has 2 aromatic rings. The summed E-state index contributed by atoms with van der Waals surface area (Å²) in [6.07, 6.45) is 0. The van der Waals surface area contributed by atoms with E-state index in [4.69, 9.17) is 16.3 Å². The van der Waals surface area contributed by atoms with E-state index in [0.717, 1.165) is 11.3 Å². The van der Waals surface area contributed by atoms with Crippen molar-refractivity contribution in [1.82, 2.24) is 0 Å². The molecule has 0 amide bonds. The molecule has 19 heavy (non-hydrogen) atoms. The molecule has 100 valence electrons. The Bertz CT molecular complexity index is 560. The molecule has 0 aliphatic heterocycles. The Morgan fingerprint density at radius 3 is 2.79 bits per heavy atom. The summed E-state index contributed by atoms with van der Waals surface area (Å²) in [5.74, 6) is 0.210. The van der Waals surface area contributed by atoms with Gasteiger partial charge in [0.25, 0.3) is 0 Å². The summed E-state index contributed by atoms with van der Waals surface area (Å²) in [6.45, 7) is 2.97. The molecule has 0 bridgehead atoms. The first kappa shape index (κ1) is 13.7. The van der Waals surface area contributed by atoms with Crippen LogP contribution in [-0.4, -0.2) is 6.61 Å². The molecule has 0 radical (unpaired) electrons. The highest BCUT2D eigenvalue weighted by Gasteiger charge is 2.05. The van der Waals surface area contributed by atoms with Gasteiger partial charge in [-0.1, -0.05) is 23.7 Å². The van der Waals surface area contributed by atoms with E-state index >= 15 is 0 Å². The van der Waals surface area contributed by atoms with Crippen molar-refractivity contribution < 1.29 is 9.13 Å². The lowest BCUT2D eigenvalue weighted by atomic mass is 10.2. The van der Waals surface area contributed by atoms with Crippen LogP contribution in [0.4, 0.5) is 10.1 Å². The van der Waals surface area contributed by atoms with Crippen LogP contribution in [0.25, 0.3) is 0 Å². The first-order chi connectivity index (χ1) is 9.19. The highest BCUT2D eigenvalue weighted by molar-refractivity contribution is 6.30. The van der Waals surface area contributed by atoms with Gasteiger partial charge in [0.1, 0.15) is 11.6 Å². The summed E-state index contributed by atoms with van der Waals surface area (Å²) in [4.78, 5) is 0. The summed E-state index contributed by atoms with van der Waals surface area (Å²) in [6, 6.07) is 12.0. The van der Waals surface area contributed by atoms with E-state index in [-0.39, 0.29) is 5.82 Å². The molecule has 2 rings (SSSR count). The number of benzene rings is 2. The van der Waals surface area contributed by atoms with Crippen LogP contribution in [0.2, 0.25) is 5.02 Å². The molecule has 0 fully saturated rings. The topological polar surface area (TPSA) is 21.3 Å². The van der Waals surface area contributed by atoms with E-state index in [1.54, 1.807) is 6.07 Å². The van der Waals surface area contributed by atoms with Gasteiger partial charge in [-0.05, 0) is 36.8 Å². The van der Waals surface area contributed by atoms with E-state index in [1.807, 2.05) is 31.2 Å². The van der Waals surface area contributed by atoms with Crippen LogP contribution >= 0.6 is 11.6 Å².